The Morgan fingerprint density at radius 3 is 2.85 bits per heavy atom. The molecule has 4 nitrogen and oxygen atoms in total. The molecule has 3 rings (SSSR count). The largest absolute Gasteiger partial charge is 0.487 e. The summed E-state index contributed by atoms with van der Waals surface area (Å²) in [6.07, 6.45) is 6.39. The molecule has 4 heteroatoms. The number of ether oxygens (including phenoxy) is 2. The van der Waals surface area contributed by atoms with Crippen LogP contribution in [0.3, 0.4) is 0 Å². The highest BCUT2D eigenvalue weighted by Crippen LogP contribution is 2.53. The number of benzene rings is 1. The van der Waals surface area contributed by atoms with E-state index in [0.29, 0.717) is 11.7 Å². The van der Waals surface area contributed by atoms with Gasteiger partial charge in [0.15, 0.2) is 0 Å². The summed E-state index contributed by atoms with van der Waals surface area (Å²) in [5.41, 5.74) is 3.22. The summed E-state index contributed by atoms with van der Waals surface area (Å²) in [4.78, 5) is 12.1. The number of aliphatic hydroxyl groups excluding tert-OH is 1. The molecule has 0 fully saturated rings. The molecule has 1 aliphatic carbocycles. The standard InChI is InChI=1S/C22H30O4/c1-5-6-15-12-18(25-20(24)9-10-23)21-16-11-14(2)7-8-17(16)22(3,4)26-19(21)13-15/h11-13,16-17,23H,5-10H2,1-4H3. The van der Waals surface area contributed by atoms with Crippen molar-refractivity contribution in [2.75, 3.05) is 6.61 Å². The minimum absolute atomic E-state index is 0.00207. The van der Waals surface area contributed by atoms with Crippen molar-refractivity contribution in [3.63, 3.8) is 0 Å². The van der Waals surface area contributed by atoms with Crippen LogP contribution in [0.4, 0.5) is 0 Å². The van der Waals surface area contributed by atoms with Crippen LogP contribution in [0.25, 0.3) is 0 Å². The number of aryl methyl sites for hydroxylation is 1. The molecule has 1 aromatic rings. The van der Waals surface area contributed by atoms with Crippen molar-refractivity contribution >= 4 is 5.97 Å². The van der Waals surface area contributed by atoms with Gasteiger partial charge in [-0.05, 0) is 57.7 Å². The van der Waals surface area contributed by atoms with Gasteiger partial charge < -0.3 is 14.6 Å². The van der Waals surface area contributed by atoms with Crippen molar-refractivity contribution in [2.24, 2.45) is 5.92 Å². The fourth-order valence-corrected chi connectivity index (χ4v) is 4.34. The average molecular weight is 358 g/mol. The van der Waals surface area contributed by atoms with E-state index in [0.717, 1.165) is 42.6 Å². The Morgan fingerprint density at radius 2 is 2.15 bits per heavy atom. The zero-order chi connectivity index (χ0) is 18.9. The zero-order valence-corrected chi connectivity index (χ0v) is 16.3. The van der Waals surface area contributed by atoms with E-state index in [1.165, 1.54) is 5.57 Å². The molecule has 0 saturated carbocycles. The summed E-state index contributed by atoms with van der Waals surface area (Å²) in [7, 11) is 0. The third-order valence-electron chi connectivity index (χ3n) is 5.59. The van der Waals surface area contributed by atoms with Crippen LogP contribution < -0.4 is 9.47 Å². The summed E-state index contributed by atoms with van der Waals surface area (Å²) >= 11 is 0. The number of carbonyl (C=O) groups is 1. The molecular formula is C22H30O4. The van der Waals surface area contributed by atoms with Gasteiger partial charge in [-0.15, -0.1) is 0 Å². The maximum absolute atomic E-state index is 12.1. The fraction of sp³-hybridized carbons (Fsp3) is 0.591. The summed E-state index contributed by atoms with van der Waals surface area (Å²) in [6, 6.07) is 4.09. The van der Waals surface area contributed by atoms with E-state index in [1.807, 2.05) is 6.07 Å². The molecule has 142 valence electrons. The first kappa shape index (κ1) is 19.0. The second kappa shape index (κ2) is 7.43. The van der Waals surface area contributed by atoms with Gasteiger partial charge in [0, 0.05) is 17.4 Å². The molecule has 0 amide bonds. The lowest BCUT2D eigenvalue weighted by Gasteiger charge is -2.46. The van der Waals surface area contributed by atoms with E-state index >= 15 is 0 Å². The number of esters is 1. The second-order valence-corrected chi connectivity index (χ2v) is 8.09. The normalized spacial score (nSPS) is 23.3. The first-order chi connectivity index (χ1) is 12.4. The number of carbonyl (C=O) groups excluding carboxylic acids is 1. The lowest BCUT2D eigenvalue weighted by molar-refractivity contribution is -0.135. The van der Waals surface area contributed by atoms with Gasteiger partial charge >= 0.3 is 5.97 Å². The maximum Gasteiger partial charge on any atom is 0.313 e. The van der Waals surface area contributed by atoms with Gasteiger partial charge in [0.1, 0.15) is 17.1 Å². The Hall–Kier alpha value is -1.81. The van der Waals surface area contributed by atoms with Crippen molar-refractivity contribution in [2.45, 2.75) is 71.3 Å². The van der Waals surface area contributed by atoms with Gasteiger partial charge in [-0.25, -0.2) is 0 Å². The van der Waals surface area contributed by atoms with Gasteiger partial charge in [0.25, 0.3) is 0 Å². The highest BCUT2D eigenvalue weighted by Gasteiger charge is 2.45. The summed E-state index contributed by atoms with van der Waals surface area (Å²) in [5.74, 6) is 1.57. The van der Waals surface area contributed by atoms with Gasteiger partial charge in [-0.3, -0.25) is 4.79 Å². The number of aliphatic hydroxyl groups is 1. The van der Waals surface area contributed by atoms with Crippen molar-refractivity contribution in [1.29, 1.82) is 0 Å². The van der Waals surface area contributed by atoms with Crippen LogP contribution in [0, 0.1) is 5.92 Å². The zero-order valence-electron chi connectivity index (χ0n) is 16.3. The van der Waals surface area contributed by atoms with Crippen LogP contribution in [0.15, 0.2) is 23.8 Å². The number of fused-ring (bicyclic) bond motifs is 3. The van der Waals surface area contributed by atoms with Gasteiger partial charge in [0.2, 0.25) is 0 Å². The SMILES string of the molecule is CCCc1cc(OC(=O)CCO)c2c(c1)OC(C)(C)C1CCC(C)=CC21. The molecular weight excluding hydrogens is 328 g/mol. The number of hydrogen-bond acceptors (Lipinski definition) is 4. The third-order valence-corrected chi connectivity index (χ3v) is 5.59. The fourth-order valence-electron chi connectivity index (χ4n) is 4.34. The molecule has 0 radical (unpaired) electrons. The Kier molecular flexibility index (Phi) is 5.42. The third kappa shape index (κ3) is 3.66. The van der Waals surface area contributed by atoms with Crippen molar-refractivity contribution in [1.82, 2.24) is 0 Å². The molecule has 2 aliphatic rings. The molecule has 2 unspecified atom stereocenters. The van der Waals surface area contributed by atoms with Crippen molar-refractivity contribution in [3.8, 4) is 11.5 Å². The molecule has 1 aromatic carbocycles. The highest BCUT2D eigenvalue weighted by atomic mass is 16.5. The number of allylic oxidation sites excluding steroid dienone is 2. The first-order valence-corrected chi connectivity index (χ1v) is 9.70. The molecule has 2 atom stereocenters. The Morgan fingerprint density at radius 1 is 1.38 bits per heavy atom. The van der Waals surface area contributed by atoms with Crippen LogP contribution in [0.1, 0.15) is 70.4 Å². The van der Waals surface area contributed by atoms with Crippen LogP contribution in [0.2, 0.25) is 0 Å². The molecule has 26 heavy (non-hydrogen) atoms. The topological polar surface area (TPSA) is 55.8 Å². The summed E-state index contributed by atoms with van der Waals surface area (Å²) in [6.45, 7) is 8.41. The Labute approximate surface area is 156 Å². The van der Waals surface area contributed by atoms with E-state index < -0.39 is 5.97 Å². The van der Waals surface area contributed by atoms with E-state index in [4.69, 9.17) is 14.6 Å². The summed E-state index contributed by atoms with van der Waals surface area (Å²) < 4.78 is 12.1. The van der Waals surface area contributed by atoms with Crippen LogP contribution in [-0.4, -0.2) is 23.3 Å². The van der Waals surface area contributed by atoms with Crippen molar-refractivity contribution in [3.05, 3.63) is 34.9 Å². The van der Waals surface area contributed by atoms with E-state index in [2.05, 4.69) is 39.8 Å². The predicted molar refractivity (Wildman–Crippen MR) is 102 cm³/mol. The highest BCUT2D eigenvalue weighted by molar-refractivity contribution is 5.74. The monoisotopic (exact) mass is 358 g/mol. The van der Waals surface area contributed by atoms with E-state index in [-0.39, 0.29) is 24.5 Å². The lowest BCUT2D eigenvalue weighted by Crippen LogP contribution is -2.45. The lowest BCUT2D eigenvalue weighted by atomic mass is 9.68. The number of rotatable bonds is 5. The minimum Gasteiger partial charge on any atom is -0.487 e. The minimum atomic E-state index is -0.402. The maximum atomic E-state index is 12.1. The molecule has 1 heterocycles. The average Bonchev–Trinajstić information content (AvgIpc) is 2.54. The Balaban J connectivity index is 2.12. The van der Waals surface area contributed by atoms with E-state index in [1.54, 1.807) is 0 Å². The molecule has 1 aliphatic heterocycles. The quantitative estimate of drug-likeness (QED) is 0.477. The Bertz CT molecular complexity index is 717. The van der Waals surface area contributed by atoms with Crippen LogP contribution in [-0.2, 0) is 11.2 Å². The van der Waals surface area contributed by atoms with Gasteiger partial charge in [-0.1, -0.05) is 25.0 Å². The molecule has 0 aromatic heterocycles. The summed E-state index contributed by atoms with van der Waals surface area (Å²) in [5, 5.41) is 9.05. The molecule has 1 N–H and O–H groups in total. The van der Waals surface area contributed by atoms with Gasteiger partial charge in [-0.2, -0.15) is 0 Å². The van der Waals surface area contributed by atoms with Crippen LogP contribution >= 0.6 is 0 Å². The van der Waals surface area contributed by atoms with Gasteiger partial charge in [0.05, 0.1) is 13.0 Å². The number of hydrogen-bond donors (Lipinski definition) is 1. The molecule has 0 spiro atoms. The smallest absolute Gasteiger partial charge is 0.313 e. The molecule has 0 bridgehead atoms. The molecule has 0 saturated heterocycles. The first-order valence-electron chi connectivity index (χ1n) is 9.70. The van der Waals surface area contributed by atoms with Crippen molar-refractivity contribution < 1.29 is 19.4 Å². The second-order valence-electron chi connectivity index (χ2n) is 8.09. The van der Waals surface area contributed by atoms with Crippen LogP contribution in [0.5, 0.6) is 11.5 Å². The van der Waals surface area contributed by atoms with E-state index in [9.17, 15) is 4.79 Å². The predicted octanol–water partition coefficient (Wildman–Crippen LogP) is 4.54.